The zero-order chi connectivity index (χ0) is 14.7. The van der Waals surface area contributed by atoms with Crippen molar-refractivity contribution in [2.24, 2.45) is 0 Å². The molecule has 1 aliphatic carbocycles. The van der Waals surface area contributed by atoms with Crippen LogP contribution in [0.15, 0.2) is 16.9 Å². The number of hydrogen-bond acceptors (Lipinski definition) is 6. The van der Waals surface area contributed by atoms with E-state index in [1.54, 1.807) is 17.4 Å². The Morgan fingerprint density at radius 2 is 2.19 bits per heavy atom. The van der Waals surface area contributed by atoms with E-state index in [4.69, 9.17) is 0 Å². The molecule has 0 aromatic carbocycles. The van der Waals surface area contributed by atoms with Crippen LogP contribution in [0, 0.1) is 0 Å². The Kier molecular flexibility index (Phi) is 4.37. The standard InChI is InChI=1S/C13H17N3O3S2/c17-21(18,9-10-6-8-19-16-10)14-7-5-13-15-11-3-1-2-4-12(11)20-13/h6,8,14H,1-5,7,9H2. The van der Waals surface area contributed by atoms with Gasteiger partial charge in [0.05, 0.1) is 16.4 Å². The smallest absolute Gasteiger partial charge is 0.217 e. The van der Waals surface area contributed by atoms with Crippen molar-refractivity contribution in [2.75, 3.05) is 6.54 Å². The number of aromatic nitrogens is 2. The predicted molar refractivity (Wildman–Crippen MR) is 79.6 cm³/mol. The minimum absolute atomic E-state index is 0.155. The van der Waals surface area contributed by atoms with E-state index in [9.17, 15) is 8.42 Å². The van der Waals surface area contributed by atoms with Gasteiger partial charge < -0.3 is 4.52 Å². The second-order valence-corrected chi connectivity index (χ2v) is 8.05. The first-order valence-corrected chi connectivity index (χ1v) is 9.43. The summed E-state index contributed by atoms with van der Waals surface area (Å²) in [6.45, 7) is 0.368. The largest absolute Gasteiger partial charge is 0.364 e. The summed E-state index contributed by atoms with van der Waals surface area (Å²) in [7, 11) is -3.37. The first-order chi connectivity index (χ1) is 10.1. The number of aryl methyl sites for hydroxylation is 2. The number of nitrogens with one attached hydrogen (secondary N) is 1. The van der Waals surface area contributed by atoms with Crippen LogP contribution in [0.2, 0.25) is 0 Å². The van der Waals surface area contributed by atoms with E-state index in [0.717, 1.165) is 17.8 Å². The zero-order valence-electron chi connectivity index (χ0n) is 11.5. The van der Waals surface area contributed by atoms with Gasteiger partial charge in [-0.05, 0) is 25.7 Å². The molecule has 2 heterocycles. The van der Waals surface area contributed by atoms with Crippen LogP contribution in [0.1, 0.15) is 34.1 Å². The van der Waals surface area contributed by atoms with Crippen molar-refractivity contribution in [3.63, 3.8) is 0 Å². The van der Waals surface area contributed by atoms with Crippen molar-refractivity contribution < 1.29 is 12.9 Å². The van der Waals surface area contributed by atoms with Gasteiger partial charge in [-0.2, -0.15) is 0 Å². The molecule has 0 atom stereocenters. The highest BCUT2D eigenvalue weighted by molar-refractivity contribution is 7.88. The lowest BCUT2D eigenvalue weighted by Crippen LogP contribution is -2.27. The minimum atomic E-state index is -3.37. The molecule has 3 rings (SSSR count). The van der Waals surface area contributed by atoms with E-state index in [2.05, 4.69) is 19.4 Å². The Hall–Kier alpha value is -1.25. The Balaban J connectivity index is 1.52. The van der Waals surface area contributed by atoms with Crippen molar-refractivity contribution in [3.8, 4) is 0 Å². The molecule has 0 saturated heterocycles. The fraction of sp³-hybridized carbons (Fsp3) is 0.538. The van der Waals surface area contributed by atoms with E-state index in [1.165, 1.54) is 29.7 Å². The fourth-order valence-corrected chi connectivity index (χ4v) is 4.59. The highest BCUT2D eigenvalue weighted by Crippen LogP contribution is 2.26. The van der Waals surface area contributed by atoms with Gasteiger partial charge in [-0.3, -0.25) is 0 Å². The van der Waals surface area contributed by atoms with Crippen molar-refractivity contribution in [1.82, 2.24) is 14.9 Å². The first kappa shape index (κ1) is 14.7. The minimum Gasteiger partial charge on any atom is -0.364 e. The van der Waals surface area contributed by atoms with E-state index < -0.39 is 10.0 Å². The molecule has 0 fully saturated rings. The van der Waals surface area contributed by atoms with Crippen LogP contribution in [-0.4, -0.2) is 25.1 Å². The summed E-state index contributed by atoms with van der Waals surface area (Å²) in [5, 5.41) is 4.63. The van der Waals surface area contributed by atoms with E-state index in [1.807, 2.05) is 0 Å². The van der Waals surface area contributed by atoms with E-state index in [-0.39, 0.29) is 5.75 Å². The lowest BCUT2D eigenvalue weighted by atomic mass is 10.0. The second kappa shape index (κ2) is 6.25. The van der Waals surface area contributed by atoms with Crippen LogP contribution >= 0.6 is 11.3 Å². The normalized spacial score (nSPS) is 15.0. The molecule has 114 valence electrons. The SMILES string of the molecule is O=S(=O)(Cc1ccon1)NCCc1nc2c(s1)CCCC2. The van der Waals surface area contributed by atoms with E-state index in [0.29, 0.717) is 18.7 Å². The molecule has 0 saturated carbocycles. The molecule has 2 aromatic rings. The molecule has 2 aromatic heterocycles. The maximum Gasteiger partial charge on any atom is 0.217 e. The average molecular weight is 327 g/mol. The molecule has 0 amide bonds. The zero-order valence-corrected chi connectivity index (χ0v) is 13.2. The molecule has 0 bridgehead atoms. The van der Waals surface area contributed by atoms with Gasteiger partial charge in [0.15, 0.2) is 0 Å². The predicted octanol–water partition coefficient (Wildman–Crippen LogP) is 1.67. The lowest BCUT2D eigenvalue weighted by Gasteiger charge is -2.06. The molecule has 0 unspecified atom stereocenters. The molecule has 6 nitrogen and oxygen atoms in total. The van der Waals surface area contributed by atoms with Crippen molar-refractivity contribution in [3.05, 3.63) is 33.6 Å². The molecule has 0 spiro atoms. The number of sulfonamides is 1. The highest BCUT2D eigenvalue weighted by atomic mass is 32.2. The van der Waals surface area contributed by atoms with Gasteiger partial charge in [-0.1, -0.05) is 5.16 Å². The van der Waals surface area contributed by atoms with Crippen LogP contribution < -0.4 is 4.72 Å². The van der Waals surface area contributed by atoms with Crippen molar-refractivity contribution in [2.45, 2.75) is 37.9 Å². The number of hydrogen-bond donors (Lipinski definition) is 1. The van der Waals surface area contributed by atoms with Crippen molar-refractivity contribution in [1.29, 1.82) is 0 Å². The monoisotopic (exact) mass is 327 g/mol. The Bertz CT molecular complexity index is 669. The Morgan fingerprint density at radius 3 is 2.95 bits per heavy atom. The maximum absolute atomic E-state index is 11.9. The molecule has 21 heavy (non-hydrogen) atoms. The van der Waals surface area contributed by atoms with Gasteiger partial charge in [0.1, 0.15) is 12.0 Å². The molecule has 8 heteroatoms. The van der Waals surface area contributed by atoms with Gasteiger partial charge in [0.2, 0.25) is 10.0 Å². The van der Waals surface area contributed by atoms with Crippen LogP contribution in [0.4, 0.5) is 0 Å². The molecule has 1 N–H and O–H groups in total. The van der Waals surface area contributed by atoms with Crippen LogP contribution in [0.25, 0.3) is 0 Å². The summed E-state index contributed by atoms with van der Waals surface area (Å²) in [6, 6.07) is 1.55. The molecular formula is C13H17N3O3S2. The Labute approximate surface area is 127 Å². The molecular weight excluding hydrogens is 310 g/mol. The number of fused-ring (bicyclic) bond motifs is 1. The number of rotatable bonds is 6. The quantitative estimate of drug-likeness (QED) is 0.872. The second-order valence-electron chi connectivity index (χ2n) is 5.08. The third-order valence-electron chi connectivity index (χ3n) is 3.38. The summed E-state index contributed by atoms with van der Waals surface area (Å²) in [4.78, 5) is 5.98. The summed E-state index contributed by atoms with van der Waals surface area (Å²) in [6.07, 6.45) is 6.62. The topological polar surface area (TPSA) is 85.1 Å². The maximum atomic E-state index is 11.9. The molecule has 1 aliphatic rings. The highest BCUT2D eigenvalue weighted by Gasteiger charge is 2.16. The number of nitrogens with zero attached hydrogens (tertiary/aromatic N) is 2. The summed E-state index contributed by atoms with van der Waals surface area (Å²) >= 11 is 1.72. The summed E-state index contributed by atoms with van der Waals surface area (Å²) in [5.74, 6) is -0.155. The summed E-state index contributed by atoms with van der Waals surface area (Å²) < 4.78 is 31.0. The van der Waals surface area contributed by atoms with E-state index >= 15 is 0 Å². The van der Waals surface area contributed by atoms with Crippen LogP contribution in [0.5, 0.6) is 0 Å². The van der Waals surface area contributed by atoms with Crippen LogP contribution in [0.3, 0.4) is 0 Å². The van der Waals surface area contributed by atoms with Gasteiger partial charge in [-0.25, -0.2) is 18.1 Å². The first-order valence-electron chi connectivity index (χ1n) is 6.96. The number of thiazole rings is 1. The third kappa shape index (κ3) is 3.90. The summed E-state index contributed by atoms with van der Waals surface area (Å²) in [5.41, 5.74) is 1.62. The average Bonchev–Trinajstić information content (AvgIpc) is 3.06. The third-order valence-corrected chi connectivity index (χ3v) is 5.92. The Morgan fingerprint density at radius 1 is 1.33 bits per heavy atom. The molecule has 0 aliphatic heterocycles. The van der Waals surface area contributed by atoms with Gasteiger partial charge in [0, 0.05) is 23.9 Å². The fourth-order valence-electron chi connectivity index (χ4n) is 2.38. The van der Waals surface area contributed by atoms with Crippen LogP contribution in [-0.2, 0) is 35.0 Å². The lowest BCUT2D eigenvalue weighted by molar-refractivity contribution is 0.413. The molecule has 0 radical (unpaired) electrons. The van der Waals surface area contributed by atoms with Gasteiger partial charge in [-0.15, -0.1) is 11.3 Å². The van der Waals surface area contributed by atoms with Gasteiger partial charge >= 0.3 is 0 Å². The van der Waals surface area contributed by atoms with Gasteiger partial charge in [0.25, 0.3) is 0 Å². The van der Waals surface area contributed by atoms with Crippen molar-refractivity contribution >= 4 is 21.4 Å².